The minimum Gasteiger partial charge on any atom is -0.454 e. The molecular weight excluding hydrogens is 639 g/mol. The lowest BCUT2D eigenvalue weighted by atomic mass is 9.96. The monoisotopic (exact) mass is 669 g/mol. The SMILES string of the molecule is c1ccc(-c2ccccc2N(c2ccc(-c3cccc4sc5ccccc5c34)cc2)c2ccc(-c3ccccc3)c3c2oc2ccccc23)cc1. The first-order valence-electron chi connectivity index (χ1n) is 17.3. The largest absolute Gasteiger partial charge is 0.454 e. The Bertz CT molecular complexity index is 2850. The fourth-order valence-electron chi connectivity index (χ4n) is 7.59. The molecule has 0 aliphatic heterocycles. The zero-order chi connectivity index (χ0) is 33.7. The van der Waals surface area contributed by atoms with E-state index < -0.39 is 0 Å². The van der Waals surface area contributed by atoms with Crippen LogP contribution in [-0.2, 0) is 0 Å². The highest BCUT2D eigenvalue weighted by molar-refractivity contribution is 7.25. The zero-order valence-electron chi connectivity index (χ0n) is 27.7. The second-order valence-corrected chi connectivity index (χ2v) is 13.9. The van der Waals surface area contributed by atoms with Gasteiger partial charge in [-0.25, -0.2) is 0 Å². The van der Waals surface area contributed by atoms with E-state index in [-0.39, 0.29) is 0 Å². The van der Waals surface area contributed by atoms with Gasteiger partial charge in [-0.3, -0.25) is 0 Å². The van der Waals surface area contributed by atoms with Crippen molar-refractivity contribution in [1.29, 1.82) is 0 Å². The van der Waals surface area contributed by atoms with E-state index in [2.05, 4.69) is 187 Å². The maximum atomic E-state index is 6.85. The van der Waals surface area contributed by atoms with Gasteiger partial charge in [-0.15, -0.1) is 11.3 Å². The average molecular weight is 670 g/mol. The molecule has 0 aliphatic carbocycles. The number of rotatable bonds is 6. The predicted molar refractivity (Wildman–Crippen MR) is 218 cm³/mol. The summed E-state index contributed by atoms with van der Waals surface area (Å²) in [6.45, 7) is 0. The fraction of sp³-hybridized carbons (Fsp3) is 0. The number of thiophene rings is 1. The molecule has 8 aromatic carbocycles. The van der Waals surface area contributed by atoms with Crippen molar-refractivity contribution in [2.75, 3.05) is 4.90 Å². The first-order chi connectivity index (χ1) is 25.3. The van der Waals surface area contributed by atoms with Gasteiger partial charge < -0.3 is 9.32 Å². The van der Waals surface area contributed by atoms with E-state index >= 15 is 0 Å². The topological polar surface area (TPSA) is 16.4 Å². The first kappa shape index (κ1) is 29.5. The van der Waals surface area contributed by atoms with Crippen LogP contribution in [0, 0.1) is 0 Å². The maximum Gasteiger partial charge on any atom is 0.160 e. The Morgan fingerprint density at radius 1 is 0.373 bits per heavy atom. The Kier molecular flexibility index (Phi) is 7.04. The highest BCUT2D eigenvalue weighted by atomic mass is 32.1. The van der Waals surface area contributed by atoms with Gasteiger partial charge in [-0.2, -0.15) is 0 Å². The predicted octanol–water partition coefficient (Wildman–Crippen LogP) is 14.4. The first-order valence-corrected chi connectivity index (χ1v) is 18.1. The van der Waals surface area contributed by atoms with Crippen molar-refractivity contribution < 1.29 is 4.42 Å². The van der Waals surface area contributed by atoms with Crippen LogP contribution in [0.25, 0.3) is 75.5 Å². The molecule has 0 bridgehead atoms. The van der Waals surface area contributed by atoms with Crippen molar-refractivity contribution in [3.05, 3.63) is 188 Å². The van der Waals surface area contributed by atoms with Crippen LogP contribution in [0.15, 0.2) is 192 Å². The molecule has 10 rings (SSSR count). The summed E-state index contributed by atoms with van der Waals surface area (Å²) in [5, 5.41) is 4.85. The van der Waals surface area contributed by atoms with Gasteiger partial charge in [0.05, 0.1) is 11.4 Å². The summed E-state index contributed by atoms with van der Waals surface area (Å²) in [5.41, 5.74) is 11.9. The van der Waals surface area contributed by atoms with Crippen molar-refractivity contribution in [1.82, 2.24) is 0 Å². The lowest BCUT2D eigenvalue weighted by Crippen LogP contribution is -2.11. The van der Waals surface area contributed by atoms with Crippen molar-refractivity contribution in [3.63, 3.8) is 0 Å². The molecular formula is C48H31NOS. The molecule has 2 heterocycles. The minimum atomic E-state index is 0.860. The smallest absolute Gasteiger partial charge is 0.160 e. The highest BCUT2D eigenvalue weighted by Crippen LogP contribution is 2.48. The van der Waals surface area contributed by atoms with Crippen LogP contribution in [0.4, 0.5) is 17.1 Å². The lowest BCUT2D eigenvalue weighted by molar-refractivity contribution is 0.669. The van der Waals surface area contributed by atoms with Crippen molar-refractivity contribution in [2.45, 2.75) is 0 Å². The summed E-state index contributed by atoms with van der Waals surface area (Å²) in [7, 11) is 0. The molecule has 0 N–H and O–H groups in total. The quantitative estimate of drug-likeness (QED) is 0.175. The molecule has 2 aromatic heterocycles. The van der Waals surface area contributed by atoms with E-state index in [1.54, 1.807) is 0 Å². The molecule has 0 fully saturated rings. The van der Waals surface area contributed by atoms with Crippen LogP contribution < -0.4 is 4.90 Å². The number of para-hydroxylation sites is 2. The third-order valence-electron chi connectivity index (χ3n) is 9.90. The van der Waals surface area contributed by atoms with Gasteiger partial charge in [0.1, 0.15) is 5.58 Å². The number of hydrogen-bond donors (Lipinski definition) is 0. The standard InChI is InChI=1S/C48H31NOS/c1-3-14-32(15-4-1)36-18-7-10-22-41(36)49(35-28-26-34(27-29-35)37-21-13-25-45-46(37)40-20-9-12-24-44(40)51-45)42-31-30-38(33-16-5-2-6-17-33)47-39-19-8-11-23-43(39)50-48(42)47/h1-31H. The van der Waals surface area contributed by atoms with Crippen LogP contribution in [-0.4, -0.2) is 0 Å². The highest BCUT2D eigenvalue weighted by Gasteiger charge is 2.24. The molecule has 0 saturated heterocycles. The number of anilines is 3. The van der Waals surface area contributed by atoms with Crippen LogP contribution in [0.2, 0.25) is 0 Å². The van der Waals surface area contributed by atoms with E-state index in [1.807, 2.05) is 17.4 Å². The van der Waals surface area contributed by atoms with E-state index in [4.69, 9.17) is 4.42 Å². The Hall–Kier alpha value is -6.42. The number of fused-ring (bicyclic) bond motifs is 6. The molecule has 0 spiro atoms. The van der Waals surface area contributed by atoms with E-state index in [1.165, 1.54) is 31.3 Å². The van der Waals surface area contributed by atoms with Crippen molar-refractivity contribution in [2.24, 2.45) is 0 Å². The molecule has 2 nitrogen and oxygen atoms in total. The normalized spacial score (nSPS) is 11.5. The summed E-state index contributed by atoms with van der Waals surface area (Å²) in [6.07, 6.45) is 0. The molecule has 10 aromatic rings. The summed E-state index contributed by atoms with van der Waals surface area (Å²) in [4.78, 5) is 2.37. The van der Waals surface area contributed by atoms with E-state index in [0.717, 1.165) is 61.3 Å². The Morgan fingerprint density at radius 2 is 0.961 bits per heavy atom. The molecule has 0 atom stereocenters. The minimum absolute atomic E-state index is 0.860. The van der Waals surface area contributed by atoms with Crippen LogP contribution in [0.5, 0.6) is 0 Å². The van der Waals surface area contributed by atoms with Gasteiger partial charge in [0.15, 0.2) is 5.58 Å². The number of hydrogen-bond acceptors (Lipinski definition) is 3. The van der Waals surface area contributed by atoms with Gasteiger partial charge in [-0.05, 0) is 70.3 Å². The number of furan rings is 1. The molecule has 0 unspecified atom stereocenters. The van der Waals surface area contributed by atoms with Crippen molar-refractivity contribution >= 4 is 70.5 Å². The molecule has 3 heteroatoms. The van der Waals surface area contributed by atoms with Crippen molar-refractivity contribution in [3.8, 4) is 33.4 Å². The third kappa shape index (κ3) is 4.93. The van der Waals surface area contributed by atoms with Crippen LogP contribution in [0.3, 0.4) is 0 Å². The second kappa shape index (κ2) is 12.2. The summed E-state index contributed by atoms with van der Waals surface area (Å²) < 4.78 is 9.47. The molecule has 0 aliphatic rings. The second-order valence-electron chi connectivity index (χ2n) is 12.8. The third-order valence-corrected chi connectivity index (χ3v) is 11.0. The van der Waals surface area contributed by atoms with Gasteiger partial charge >= 0.3 is 0 Å². The molecule has 0 amide bonds. The Balaban J connectivity index is 1.21. The van der Waals surface area contributed by atoms with Gasteiger partial charge in [0.25, 0.3) is 0 Å². The van der Waals surface area contributed by atoms with E-state index in [0.29, 0.717) is 0 Å². The van der Waals surface area contributed by atoms with Crippen LogP contribution in [0.1, 0.15) is 0 Å². The fourth-order valence-corrected chi connectivity index (χ4v) is 8.72. The molecule has 51 heavy (non-hydrogen) atoms. The molecule has 0 radical (unpaired) electrons. The summed E-state index contributed by atoms with van der Waals surface area (Å²) in [5.74, 6) is 0. The molecule has 240 valence electrons. The van der Waals surface area contributed by atoms with Gasteiger partial charge in [0, 0.05) is 42.2 Å². The van der Waals surface area contributed by atoms with Gasteiger partial charge in [-0.1, -0.05) is 146 Å². The summed E-state index contributed by atoms with van der Waals surface area (Å²) in [6, 6.07) is 67.2. The van der Waals surface area contributed by atoms with Crippen LogP contribution >= 0.6 is 11.3 Å². The number of nitrogens with zero attached hydrogens (tertiary/aromatic N) is 1. The number of benzene rings is 8. The maximum absolute atomic E-state index is 6.85. The van der Waals surface area contributed by atoms with E-state index in [9.17, 15) is 0 Å². The molecule has 0 saturated carbocycles. The summed E-state index contributed by atoms with van der Waals surface area (Å²) >= 11 is 1.86. The Labute approximate surface area is 300 Å². The zero-order valence-corrected chi connectivity index (χ0v) is 28.5. The average Bonchev–Trinajstić information content (AvgIpc) is 3.79. The lowest BCUT2D eigenvalue weighted by Gasteiger charge is -2.28. The Morgan fingerprint density at radius 3 is 1.76 bits per heavy atom. The van der Waals surface area contributed by atoms with Gasteiger partial charge in [0.2, 0.25) is 0 Å².